The van der Waals surface area contributed by atoms with Crippen molar-refractivity contribution in [3.63, 3.8) is 0 Å². The fourth-order valence-electron chi connectivity index (χ4n) is 1.73. The number of nitrogens with zero attached hydrogens (tertiary/aromatic N) is 1. The van der Waals surface area contributed by atoms with Crippen LogP contribution in [0.5, 0.6) is 0 Å². The highest BCUT2D eigenvalue weighted by Crippen LogP contribution is 2.15. The Bertz CT molecular complexity index is 654. The van der Waals surface area contributed by atoms with Gasteiger partial charge in [0.1, 0.15) is 11.6 Å². The summed E-state index contributed by atoms with van der Waals surface area (Å²) in [6, 6.07) is 3.59. The molecule has 0 saturated heterocycles. The van der Waals surface area contributed by atoms with E-state index in [0.29, 0.717) is 17.8 Å². The number of hydrogen-bond donors (Lipinski definition) is 2. The van der Waals surface area contributed by atoms with E-state index in [-0.39, 0.29) is 11.4 Å². The van der Waals surface area contributed by atoms with E-state index < -0.39 is 15.8 Å². The minimum atomic E-state index is -3.62. The predicted molar refractivity (Wildman–Crippen MR) is 68.6 cm³/mol. The van der Waals surface area contributed by atoms with Crippen LogP contribution in [0.2, 0.25) is 0 Å². The highest BCUT2D eigenvalue weighted by atomic mass is 32.2. The van der Waals surface area contributed by atoms with Gasteiger partial charge in [0, 0.05) is 25.4 Å². The molecule has 0 fully saturated rings. The Labute approximate surface area is 110 Å². The Morgan fingerprint density at radius 2 is 2.21 bits per heavy atom. The van der Waals surface area contributed by atoms with Gasteiger partial charge in [0.25, 0.3) is 0 Å². The van der Waals surface area contributed by atoms with Gasteiger partial charge >= 0.3 is 0 Å². The first-order valence-corrected chi connectivity index (χ1v) is 7.21. The van der Waals surface area contributed by atoms with Crippen molar-refractivity contribution in [2.24, 2.45) is 0 Å². The Hall–Kier alpha value is -1.73. The highest BCUT2D eigenvalue weighted by Gasteiger charge is 2.16. The van der Waals surface area contributed by atoms with Gasteiger partial charge in [0.15, 0.2) is 0 Å². The second-order valence-corrected chi connectivity index (χ2v) is 5.83. The number of nitrogens with one attached hydrogen (secondary N) is 2. The molecule has 7 heteroatoms. The maximum atomic E-state index is 12.9. The average Bonchev–Trinajstić information content (AvgIpc) is 2.81. The van der Waals surface area contributed by atoms with Crippen molar-refractivity contribution in [3.05, 3.63) is 47.8 Å². The van der Waals surface area contributed by atoms with Gasteiger partial charge in [0.05, 0.1) is 4.90 Å². The molecule has 0 radical (unpaired) electrons. The molecule has 0 unspecified atom stereocenters. The molecular weight excluding hydrogens is 269 g/mol. The second kappa shape index (κ2) is 5.50. The monoisotopic (exact) mass is 283 g/mol. The number of aromatic nitrogens is 2. The highest BCUT2D eigenvalue weighted by molar-refractivity contribution is 7.89. The third-order valence-corrected chi connectivity index (χ3v) is 4.26. The smallest absolute Gasteiger partial charge is 0.240 e. The number of hydrogen-bond acceptors (Lipinski definition) is 3. The van der Waals surface area contributed by atoms with Gasteiger partial charge in [-0.25, -0.2) is 22.5 Å². The van der Waals surface area contributed by atoms with Gasteiger partial charge in [0.2, 0.25) is 10.0 Å². The molecule has 0 aliphatic carbocycles. The minimum Gasteiger partial charge on any atom is -0.349 e. The van der Waals surface area contributed by atoms with E-state index in [2.05, 4.69) is 14.7 Å². The molecule has 102 valence electrons. The quantitative estimate of drug-likeness (QED) is 0.870. The molecule has 5 nitrogen and oxygen atoms in total. The first-order chi connectivity index (χ1) is 8.99. The van der Waals surface area contributed by atoms with Crippen LogP contribution in [0, 0.1) is 12.7 Å². The van der Waals surface area contributed by atoms with Crippen LogP contribution >= 0.6 is 0 Å². The molecule has 2 rings (SSSR count). The molecule has 1 aromatic heterocycles. The molecule has 19 heavy (non-hydrogen) atoms. The fraction of sp³-hybridized carbons (Fsp3) is 0.250. The van der Waals surface area contributed by atoms with Gasteiger partial charge in [-0.05, 0) is 30.7 Å². The number of sulfonamides is 1. The van der Waals surface area contributed by atoms with Gasteiger partial charge in [-0.3, -0.25) is 0 Å². The van der Waals surface area contributed by atoms with Crippen LogP contribution in [0.15, 0.2) is 35.5 Å². The van der Waals surface area contributed by atoms with Crippen molar-refractivity contribution < 1.29 is 12.8 Å². The lowest BCUT2D eigenvalue weighted by atomic mass is 10.2. The zero-order chi connectivity index (χ0) is 13.9. The van der Waals surface area contributed by atoms with Gasteiger partial charge in [-0.1, -0.05) is 0 Å². The molecule has 0 spiro atoms. The Morgan fingerprint density at radius 1 is 1.42 bits per heavy atom. The summed E-state index contributed by atoms with van der Waals surface area (Å²) in [5.41, 5.74) is 0.380. The zero-order valence-electron chi connectivity index (χ0n) is 10.4. The van der Waals surface area contributed by atoms with E-state index in [4.69, 9.17) is 0 Å². The van der Waals surface area contributed by atoms with Crippen molar-refractivity contribution in [3.8, 4) is 0 Å². The number of imidazole rings is 1. The lowest BCUT2D eigenvalue weighted by Gasteiger charge is -2.08. The third kappa shape index (κ3) is 3.39. The van der Waals surface area contributed by atoms with E-state index in [1.54, 1.807) is 19.3 Å². The normalized spacial score (nSPS) is 11.7. The maximum absolute atomic E-state index is 12.9. The Kier molecular flexibility index (Phi) is 3.96. The van der Waals surface area contributed by atoms with Crippen LogP contribution in [0.1, 0.15) is 11.4 Å². The first-order valence-electron chi connectivity index (χ1n) is 5.73. The molecule has 1 heterocycles. The molecule has 0 bridgehead atoms. The standard InChI is InChI=1S/C12H14FN3O2S/c1-9-8-10(13)2-3-11(9)19(17,18)16-5-4-12-14-6-7-15-12/h2-3,6-8,16H,4-5H2,1H3,(H,14,15). The number of rotatable bonds is 5. The van der Waals surface area contributed by atoms with Gasteiger partial charge < -0.3 is 4.98 Å². The van der Waals surface area contributed by atoms with E-state index in [1.165, 1.54) is 12.1 Å². The number of halogens is 1. The predicted octanol–water partition coefficient (Wildman–Crippen LogP) is 1.38. The maximum Gasteiger partial charge on any atom is 0.240 e. The Morgan fingerprint density at radius 3 is 2.84 bits per heavy atom. The summed E-state index contributed by atoms with van der Waals surface area (Å²) in [6.45, 7) is 1.79. The number of benzene rings is 1. The van der Waals surface area contributed by atoms with E-state index in [1.807, 2.05) is 0 Å². The SMILES string of the molecule is Cc1cc(F)ccc1S(=O)(=O)NCCc1ncc[nH]1. The lowest BCUT2D eigenvalue weighted by Crippen LogP contribution is -2.26. The molecular formula is C12H14FN3O2S. The van der Waals surface area contributed by atoms with Crippen LogP contribution in [-0.4, -0.2) is 24.9 Å². The second-order valence-electron chi connectivity index (χ2n) is 4.09. The Balaban J connectivity index is 2.05. The van der Waals surface area contributed by atoms with Gasteiger partial charge in [-0.15, -0.1) is 0 Å². The lowest BCUT2D eigenvalue weighted by molar-refractivity contribution is 0.579. The minimum absolute atomic E-state index is 0.0911. The summed E-state index contributed by atoms with van der Waals surface area (Å²) in [6.07, 6.45) is 3.74. The summed E-state index contributed by atoms with van der Waals surface area (Å²) in [5.74, 6) is 0.255. The molecule has 0 saturated carbocycles. The van der Waals surface area contributed by atoms with Crippen LogP contribution in [0.3, 0.4) is 0 Å². The van der Waals surface area contributed by atoms with Crippen LogP contribution in [0.25, 0.3) is 0 Å². The number of aromatic amines is 1. The fourth-order valence-corrected chi connectivity index (χ4v) is 2.99. The topological polar surface area (TPSA) is 74.8 Å². The summed E-state index contributed by atoms with van der Waals surface area (Å²) in [7, 11) is -3.62. The van der Waals surface area contributed by atoms with Gasteiger partial charge in [-0.2, -0.15) is 0 Å². The van der Waals surface area contributed by atoms with Crippen LogP contribution in [-0.2, 0) is 16.4 Å². The summed E-state index contributed by atoms with van der Waals surface area (Å²) >= 11 is 0. The molecule has 2 N–H and O–H groups in total. The van der Waals surface area contributed by atoms with E-state index in [0.717, 1.165) is 6.07 Å². The van der Waals surface area contributed by atoms with E-state index >= 15 is 0 Å². The summed E-state index contributed by atoms with van der Waals surface area (Å²) < 4.78 is 39.5. The largest absolute Gasteiger partial charge is 0.349 e. The molecule has 2 aromatic rings. The first kappa shape index (κ1) is 13.7. The van der Waals surface area contributed by atoms with Crippen molar-refractivity contribution in [2.45, 2.75) is 18.2 Å². The van der Waals surface area contributed by atoms with Crippen molar-refractivity contribution in [1.29, 1.82) is 0 Å². The van der Waals surface area contributed by atoms with Crippen LogP contribution < -0.4 is 4.72 Å². The molecule has 1 aromatic carbocycles. The third-order valence-electron chi connectivity index (χ3n) is 2.64. The number of H-pyrrole nitrogens is 1. The van der Waals surface area contributed by atoms with Crippen molar-refractivity contribution in [1.82, 2.24) is 14.7 Å². The van der Waals surface area contributed by atoms with Crippen molar-refractivity contribution in [2.75, 3.05) is 6.54 Å². The molecule has 0 aliphatic rings. The average molecular weight is 283 g/mol. The summed E-state index contributed by atoms with van der Waals surface area (Å²) in [4.78, 5) is 6.98. The summed E-state index contributed by atoms with van der Waals surface area (Å²) in [5, 5.41) is 0. The van der Waals surface area contributed by atoms with Crippen LogP contribution in [0.4, 0.5) is 4.39 Å². The number of aryl methyl sites for hydroxylation is 1. The van der Waals surface area contributed by atoms with E-state index in [9.17, 15) is 12.8 Å². The molecule has 0 atom stereocenters. The molecule has 0 amide bonds. The zero-order valence-corrected chi connectivity index (χ0v) is 11.2. The van der Waals surface area contributed by atoms with Crippen molar-refractivity contribution >= 4 is 10.0 Å². The molecule has 0 aliphatic heterocycles.